The van der Waals surface area contributed by atoms with E-state index in [9.17, 15) is 9.59 Å². The van der Waals surface area contributed by atoms with Gasteiger partial charge in [0.1, 0.15) is 0 Å². The summed E-state index contributed by atoms with van der Waals surface area (Å²) in [7, 11) is 3.08. The van der Waals surface area contributed by atoms with Crippen molar-refractivity contribution in [2.45, 2.75) is 6.92 Å². The van der Waals surface area contributed by atoms with Crippen LogP contribution in [0.2, 0.25) is 0 Å². The second-order valence-corrected chi connectivity index (χ2v) is 6.42. The maximum absolute atomic E-state index is 12.5. The third-order valence-corrected chi connectivity index (χ3v) is 4.33. The molecule has 6 nitrogen and oxygen atoms in total. The zero-order valence-corrected chi connectivity index (χ0v) is 16.5. The molecule has 0 bridgehead atoms. The molecule has 6 heteroatoms. The molecule has 3 aromatic rings. The molecule has 0 spiro atoms. The maximum atomic E-state index is 12.5. The molecular formula is C23H22N2O4. The van der Waals surface area contributed by atoms with Gasteiger partial charge >= 0.3 is 0 Å². The van der Waals surface area contributed by atoms with Crippen molar-refractivity contribution in [1.82, 2.24) is 0 Å². The molecule has 0 aliphatic heterocycles. The molecule has 0 aromatic heterocycles. The summed E-state index contributed by atoms with van der Waals surface area (Å²) in [5.74, 6) is 0.577. The Bertz CT molecular complexity index is 1030. The molecule has 0 atom stereocenters. The average molecular weight is 390 g/mol. The van der Waals surface area contributed by atoms with E-state index in [0.717, 1.165) is 11.3 Å². The molecule has 3 rings (SSSR count). The van der Waals surface area contributed by atoms with E-state index in [1.54, 1.807) is 49.6 Å². The minimum atomic E-state index is -0.289. The number of methoxy groups -OCH3 is 2. The van der Waals surface area contributed by atoms with Gasteiger partial charge in [0.15, 0.2) is 11.5 Å². The highest BCUT2D eigenvalue weighted by atomic mass is 16.5. The molecule has 3 aromatic carbocycles. The summed E-state index contributed by atoms with van der Waals surface area (Å²) in [6.45, 7) is 1.96. The lowest BCUT2D eigenvalue weighted by Gasteiger charge is -2.11. The summed E-state index contributed by atoms with van der Waals surface area (Å²) < 4.78 is 10.4. The van der Waals surface area contributed by atoms with Crippen LogP contribution in [0.3, 0.4) is 0 Å². The molecule has 148 valence electrons. The van der Waals surface area contributed by atoms with Crippen LogP contribution in [0.5, 0.6) is 11.5 Å². The van der Waals surface area contributed by atoms with Gasteiger partial charge in [-0.3, -0.25) is 9.59 Å². The number of nitrogens with one attached hydrogen (secondary N) is 2. The van der Waals surface area contributed by atoms with Crippen LogP contribution >= 0.6 is 0 Å². The molecule has 0 radical (unpaired) electrons. The van der Waals surface area contributed by atoms with E-state index < -0.39 is 0 Å². The predicted molar refractivity (Wildman–Crippen MR) is 113 cm³/mol. The highest BCUT2D eigenvalue weighted by Gasteiger charge is 2.11. The van der Waals surface area contributed by atoms with Gasteiger partial charge in [0.05, 0.1) is 14.2 Å². The first-order chi connectivity index (χ1) is 14.0. The standard InChI is InChI=1S/C23H22N2O4/c1-15-5-4-6-18(13-15)24-22(26)16-7-9-17(10-8-16)23(27)25-19-11-12-20(28-2)21(14-19)29-3/h4-14H,1-3H3,(H,24,26)(H,25,27). The van der Waals surface area contributed by atoms with Crippen LogP contribution in [0.4, 0.5) is 11.4 Å². The maximum Gasteiger partial charge on any atom is 0.255 e. The SMILES string of the molecule is COc1ccc(NC(=O)c2ccc(C(=O)Nc3cccc(C)c3)cc2)cc1OC. The van der Waals surface area contributed by atoms with Crippen molar-refractivity contribution < 1.29 is 19.1 Å². The Kier molecular flexibility index (Phi) is 6.14. The van der Waals surface area contributed by atoms with Crippen LogP contribution < -0.4 is 20.1 Å². The molecular weight excluding hydrogens is 368 g/mol. The fraction of sp³-hybridized carbons (Fsp3) is 0.130. The predicted octanol–water partition coefficient (Wildman–Crippen LogP) is 4.52. The summed E-state index contributed by atoms with van der Waals surface area (Å²) in [5.41, 5.74) is 3.27. The Labute approximate surface area is 169 Å². The van der Waals surface area contributed by atoms with Crippen molar-refractivity contribution in [1.29, 1.82) is 0 Å². The molecule has 0 saturated heterocycles. The lowest BCUT2D eigenvalue weighted by Crippen LogP contribution is -2.14. The van der Waals surface area contributed by atoms with Crippen LogP contribution in [0.25, 0.3) is 0 Å². The number of carbonyl (C=O) groups excluding carboxylic acids is 2. The second kappa shape index (κ2) is 8.93. The van der Waals surface area contributed by atoms with Crippen molar-refractivity contribution in [2.24, 2.45) is 0 Å². The van der Waals surface area contributed by atoms with Crippen molar-refractivity contribution >= 4 is 23.2 Å². The molecule has 0 aliphatic rings. The summed E-state index contributed by atoms with van der Waals surface area (Å²) in [4.78, 5) is 24.9. The number of ether oxygens (including phenoxy) is 2. The minimum Gasteiger partial charge on any atom is -0.493 e. The zero-order valence-electron chi connectivity index (χ0n) is 16.5. The highest BCUT2D eigenvalue weighted by molar-refractivity contribution is 6.07. The van der Waals surface area contributed by atoms with Gasteiger partial charge in [-0.2, -0.15) is 0 Å². The summed E-state index contributed by atoms with van der Waals surface area (Å²) >= 11 is 0. The molecule has 0 heterocycles. The lowest BCUT2D eigenvalue weighted by atomic mass is 10.1. The molecule has 0 fully saturated rings. The van der Waals surface area contributed by atoms with Crippen LogP contribution in [0.15, 0.2) is 66.7 Å². The minimum absolute atomic E-state index is 0.234. The Hall–Kier alpha value is -3.80. The van der Waals surface area contributed by atoms with Crippen molar-refractivity contribution in [3.8, 4) is 11.5 Å². The van der Waals surface area contributed by atoms with Crippen molar-refractivity contribution in [2.75, 3.05) is 24.9 Å². The van der Waals surface area contributed by atoms with Gasteiger partial charge in [-0.05, 0) is 61.0 Å². The average Bonchev–Trinajstić information content (AvgIpc) is 2.73. The number of hydrogen-bond acceptors (Lipinski definition) is 4. The van der Waals surface area contributed by atoms with Gasteiger partial charge in [0, 0.05) is 28.6 Å². The highest BCUT2D eigenvalue weighted by Crippen LogP contribution is 2.29. The third kappa shape index (κ3) is 4.93. The van der Waals surface area contributed by atoms with Crippen LogP contribution in [-0.4, -0.2) is 26.0 Å². The fourth-order valence-corrected chi connectivity index (χ4v) is 2.82. The summed E-state index contributed by atoms with van der Waals surface area (Å²) in [6.07, 6.45) is 0. The van der Waals surface area contributed by atoms with Gasteiger partial charge in [0.2, 0.25) is 0 Å². The Morgan fingerprint density at radius 3 is 1.76 bits per heavy atom. The topological polar surface area (TPSA) is 76.7 Å². The normalized spacial score (nSPS) is 10.2. The second-order valence-electron chi connectivity index (χ2n) is 6.42. The number of carbonyl (C=O) groups is 2. The molecule has 0 saturated carbocycles. The van der Waals surface area contributed by atoms with Crippen LogP contribution in [0.1, 0.15) is 26.3 Å². The number of amides is 2. The quantitative estimate of drug-likeness (QED) is 0.649. The van der Waals surface area contributed by atoms with E-state index in [1.807, 2.05) is 31.2 Å². The van der Waals surface area contributed by atoms with E-state index in [-0.39, 0.29) is 11.8 Å². The van der Waals surface area contributed by atoms with E-state index in [1.165, 1.54) is 7.11 Å². The van der Waals surface area contributed by atoms with Crippen LogP contribution in [-0.2, 0) is 0 Å². The number of aryl methyl sites for hydroxylation is 1. The lowest BCUT2D eigenvalue weighted by molar-refractivity contribution is 0.101. The Morgan fingerprint density at radius 2 is 1.24 bits per heavy atom. The van der Waals surface area contributed by atoms with E-state index in [0.29, 0.717) is 28.3 Å². The van der Waals surface area contributed by atoms with Crippen molar-refractivity contribution in [3.05, 3.63) is 83.4 Å². The first-order valence-corrected chi connectivity index (χ1v) is 9.01. The largest absolute Gasteiger partial charge is 0.493 e. The van der Waals surface area contributed by atoms with E-state index in [4.69, 9.17) is 9.47 Å². The Morgan fingerprint density at radius 1 is 0.690 bits per heavy atom. The number of hydrogen-bond donors (Lipinski definition) is 2. The van der Waals surface area contributed by atoms with Gasteiger partial charge in [-0.1, -0.05) is 12.1 Å². The molecule has 29 heavy (non-hydrogen) atoms. The smallest absolute Gasteiger partial charge is 0.255 e. The first-order valence-electron chi connectivity index (χ1n) is 9.01. The van der Waals surface area contributed by atoms with Gasteiger partial charge < -0.3 is 20.1 Å². The van der Waals surface area contributed by atoms with Crippen molar-refractivity contribution in [3.63, 3.8) is 0 Å². The zero-order chi connectivity index (χ0) is 20.8. The molecule has 2 amide bonds. The van der Waals surface area contributed by atoms with Crippen LogP contribution in [0, 0.1) is 6.92 Å². The molecule has 0 aliphatic carbocycles. The first kappa shape index (κ1) is 19.9. The van der Waals surface area contributed by atoms with Gasteiger partial charge in [0.25, 0.3) is 11.8 Å². The fourth-order valence-electron chi connectivity index (χ4n) is 2.82. The number of benzene rings is 3. The Balaban J connectivity index is 1.68. The number of anilines is 2. The number of rotatable bonds is 6. The summed E-state index contributed by atoms with van der Waals surface area (Å²) in [5, 5.41) is 5.65. The van der Waals surface area contributed by atoms with E-state index >= 15 is 0 Å². The van der Waals surface area contributed by atoms with E-state index in [2.05, 4.69) is 10.6 Å². The summed E-state index contributed by atoms with van der Waals surface area (Å²) in [6, 6.07) is 19.1. The monoisotopic (exact) mass is 390 g/mol. The molecule has 2 N–H and O–H groups in total. The molecule has 0 unspecified atom stereocenters. The van der Waals surface area contributed by atoms with Gasteiger partial charge in [-0.25, -0.2) is 0 Å². The van der Waals surface area contributed by atoms with Gasteiger partial charge in [-0.15, -0.1) is 0 Å². The third-order valence-electron chi connectivity index (χ3n) is 4.33.